The van der Waals surface area contributed by atoms with E-state index in [0.29, 0.717) is 6.54 Å². The smallest absolute Gasteiger partial charge is 0.263 e. The van der Waals surface area contributed by atoms with Gasteiger partial charge in [-0.25, -0.2) is 4.98 Å². The van der Waals surface area contributed by atoms with E-state index in [0.717, 1.165) is 39.7 Å². The van der Waals surface area contributed by atoms with Crippen LogP contribution in [0.5, 0.6) is 0 Å². The van der Waals surface area contributed by atoms with Crippen LogP contribution in [0, 0.1) is 0 Å². The molecule has 0 atom stereocenters. The van der Waals surface area contributed by atoms with Crippen molar-refractivity contribution in [2.75, 3.05) is 0 Å². The Balaban J connectivity index is 1.75. The second-order valence-electron chi connectivity index (χ2n) is 6.73. The third kappa shape index (κ3) is 3.45. The van der Waals surface area contributed by atoms with Crippen LogP contribution in [0.1, 0.15) is 30.5 Å². The number of aryl methyl sites for hydroxylation is 2. The molecule has 27 heavy (non-hydrogen) atoms. The molecule has 0 amide bonds. The molecule has 2 aromatic carbocycles. The fourth-order valence-electron chi connectivity index (χ4n) is 3.29. The number of aromatic nitrogens is 2. The maximum Gasteiger partial charge on any atom is 0.263 e. The zero-order valence-electron chi connectivity index (χ0n) is 15.6. The van der Waals surface area contributed by atoms with E-state index in [1.54, 1.807) is 10.9 Å². The van der Waals surface area contributed by atoms with Crippen LogP contribution in [0.25, 0.3) is 21.3 Å². The van der Waals surface area contributed by atoms with Gasteiger partial charge in [0.05, 0.1) is 18.3 Å². The Morgan fingerprint density at radius 3 is 2.11 bits per heavy atom. The second kappa shape index (κ2) is 7.49. The van der Waals surface area contributed by atoms with Gasteiger partial charge in [0.2, 0.25) is 0 Å². The minimum Gasteiger partial charge on any atom is -0.294 e. The Hall–Kier alpha value is -2.72. The van der Waals surface area contributed by atoms with Crippen molar-refractivity contribution in [3.63, 3.8) is 0 Å². The van der Waals surface area contributed by atoms with E-state index in [-0.39, 0.29) is 5.56 Å². The van der Waals surface area contributed by atoms with Crippen molar-refractivity contribution in [3.8, 4) is 11.1 Å². The Morgan fingerprint density at radius 2 is 1.48 bits per heavy atom. The van der Waals surface area contributed by atoms with Gasteiger partial charge < -0.3 is 0 Å². The van der Waals surface area contributed by atoms with Gasteiger partial charge in [-0.05, 0) is 35.1 Å². The first-order chi connectivity index (χ1) is 13.2. The molecule has 0 aliphatic heterocycles. The van der Waals surface area contributed by atoms with E-state index >= 15 is 0 Å². The van der Waals surface area contributed by atoms with Gasteiger partial charge in [0.1, 0.15) is 4.83 Å². The van der Waals surface area contributed by atoms with Gasteiger partial charge in [-0.3, -0.25) is 9.36 Å². The molecule has 0 aliphatic rings. The van der Waals surface area contributed by atoms with Crippen LogP contribution in [-0.4, -0.2) is 9.55 Å². The molecular formula is C23H22N2OS. The molecular weight excluding hydrogens is 352 g/mol. The summed E-state index contributed by atoms with van der Waals surface area (Å²) in [4.78, 5) is 18.5. The monoisotopic (exact) mass is 374 g/mol. The molecule has 4 heteroatoms. The summed E-state index contributed by atoms with van der Waals surface area (Å²) in [6.07, 6.45) is 3.69. The summed E-state index contributed by atoms with van der Waals surface area (Å²) in [6, 6.07) is 16.9. The lowest BCUT2D eigenvalue weighted by atomic mass is 10.0. The molecule has 0 saturated heterocycles. The number of hydrogen-bond acceptors (Lipinski definition) is 3. The molecule has 0 spiro atoms. The van der Waals surface area contributed by atoms with Crippen molar-refractivity contribution in [2.24, 2.45) is 0 Å². The van der Waals surface area contributed by atoms with Crippen LogP contribution in [0.15, 0.2) is 65.0 Å². The SMILES string of the molecule is CCc1ccc(Cn2cnc3scc(-c4ccc(CC)cc4)c3c2=O)cc1. The molecule has 2 heterocycles. The largest absolute Gasteiger partial charge is 0.294 e. The van der Waals surface area contributed by atoms with Crippen molar-refractivity contribution in [1.29, 1.82) is 0 Å². The molecule has 2 aromatic heterocycles. The highest BCUT2D eigenvalue weighted by Crippen LogP contribution is 2.30. The summed E-state index contributed by atoms with van der Waals surface area (Å²) in [7, 11) is 0. The molecule has 0 N–H and O–H groups in total. The zero-order chi connectivity index (χ0) is 18.8. The molecule has 3 nitrogen and oxygen atoms in total. The lowest BCUT2D eigenvalue weighted by Crippen LogP contribution is -2.21. The lowest BCUT2D eigenvalue weighted by molar-refractivity contribution is 0.749. The number of hydrogen-bond donors (Lipinski definition) is 0. The quantitative estimate of drug-likeness (QED) is 0.475. The summed E-state index contributed by atoms with van der Waals surface area (Å²) in [5.74, 6) is 0. The summed E-state index contributed by atoms with van der Waals surface area (Å²) in [5, 5.41) is 2.76. The molecule has 0 unspecified atom stereocenters. The van der Waals surface area contributed by atoms with Crippen LogP contribution in [0.4, 0.5) is 0 Å². The third-order valence-corrected chi connectivity index (χ3v) is 5.90. The van der Waals surface area contributed by atoms with Crippen molar-refractivity contribution in [1.82, 2.24) is 9.55 Å². The van der Waals surface area contributed by atoms with Gasteiger partial charge in [0.15, 0.2) is 0 Å². The fourth-order valence-corrected chi connectivity index (χ4v) is 4.20. The number of benzene rings is 2. The van der Waals surface area contributed by atoms with Crippen molar-refractivity contribution in [3.05, 3.63) is 87.3 Å². The maximum atomic E-state index is 13.2. The van der Waals surface area contributed by atoms with Crippen LogP contribution < -0.4 is 5.56 Å². The summed E-state index contributed by atoms with van der Waals surface area (Å²) in [6.45, 7) is 4.82. The van der Waals surface area contributed by atoms with E-state index < -0.39 is 0 Å². The summed E-state index contributed by atoms with van der Waals surface area (Å²) < 4.78 is 1.71. The molecule has 0 fully saturated rings. The standard InChI is InChI=1S/C23H22N2OS/c1-3-16-5-7-18(8-6-16)13-25-15-24-22-21(23(25)26)20(14-27-22)19-11-9-17(4-2)10-12-19/h5-12,14-15H,3-4,13H2,1-2H3. The van der Waals surface area contributed by atoms with Crippen LogP contribution in [0.3, 0.4) is 0 Å². The van der Waals surface area contributed by atoms with E-state index in [1.807, 2.05) is 5.38 Å². The number of thiophene rings is 1. The van der Waals surface area contributed by atoms with E-state index in [4.69, 9.17) is 0 Å². The zero-order valence-corrected chi connectivity index (χ0v) is 16.4. The Morgan fingerprint density at radius 1 is 0.889 bits per heavy atom. The van der Waals surface area contributed by atoms with E-state index in [1.165, 1.54) is 22.5 Å². The van der Waals surface area contributed by atoms with Gasteiger partial charge in [0, 0.05) is 10.9 Å². The highest BCUT2D eigenvalue weighted by Gasteiger charge is 2.13. The Kier molecular flexibility index (Phi) is 4.90. The van der Waals surface area contributed by atoms with E-state index in [2.05, 4.69) is 67.4 Å². The summed E-state index contributed by atoms with van der Waals surface area (Å²) in [5.41, 5.74) is 5.78. The predicted molar refractivity (Wildman–Crippen MR) is 114 cm³/mol. The normalized spacial score (nSPS) is 11.2. The highest BCUT2D eigenvalue weighted by atomic mass is 32.1. The average molecular weight is 375 g/mol. The van der Waals surface area contributed by atoms with Crippen molar-refractivity contribution in [2.45, 2.75) is 33.2 Å². The van der Waals surface area contributed by atoms with Gasteiger partial charge in [-0.1, -0.05) is 62.4 Å². The van der Waals surface area contributed by atoms with Crippen LogP contribution in [0.2, 0.25) is 0 Å². The Bertz CT molecular complexity index is 1120. The first kappa shape index (κ1) is 17.7. The molecule has 0 radical (unpaired) electrons. The number of rotatable bonds is 5. The molecule has 0 saturated carbocycles. The van der Waals surface area contributed by atoms with Crippen molar-refractivity contribution < 1.29 is 0 Å². The first-order valence-electron chi connectivity index (χ1n) is 9.33. The average Bonchev–Trinajstić information content (AvgIpc) is 3.15. The number of fused-ring (bicyclic) bond motifs is 1. The molecule has 4 aromatic rings. The van der Waals surface area contributed by atoms with E-state index in [9.17, 15) is 4.79 Å². The third-order valence-electron chi connectivity index (χ3n) is 5.02. The van der Waals surface area contributed by atoms with Crippen molar-refractivity contribution >= 4 is 21.6 Å². The van der Waals surface area contributed by atoms with Crippen LogP contribution >= 0.6 is 11.3 Å². The second-order valence-corrected chi connectivity index (χ2v) is 7.59. The Labute approximate surface area is 163 Å². The number of nitrogens with zero attached hydrogens (tertiary/aromatic N) is 2. The van der Waals surface area contributed by atoms with Gasteiger partial charge in [0.25, 0.3) is 5.56 Å². The molecule has 4 rings (SSSR count). The maximum absolute atomic E-state index is 13.2. The fraction of sp³-hybridized carbons (Fsp3) is 0.217. The minimum absolute atomic E-state index is 0.0235. The molecule has 0 bridgehead atoms. The lowest BCUT2D eigenvalue weighted by Gasteiger charge is -2.07. The minimum atomic E-state index is 0.0235. The van der Waals surface area contributed by atoms with Gasteiger partial charge in [-0.15, -0.1) is 11.3 Å². The van der Waals surface area contributed by atoms with Crippen LogP contribution in [-0.2, 0) is 19.4 Å². The van der Waals surface area contributed by atoms with Gasteiger partial charge in [-0.2, -0.15) is 0 Å². The predicted octanol–water partition coefficient (Wildman–Crippen LogP) is 5.30. The van der Waals surface area contributed by atoms with Gasteiger partial charge >= 0.3 is 0 Å². The first-order valence-corrected chi connectivity index (χ1v) is 10.2. The highest BCUT2D eigenvalue weighted by molar-refractivity contribution is 7.17. The molecule has 136 valence electrons. The summed E-state index contributed by atoms with van der Waals surface area (Å²) >= 11 is 1.53. The topological polar surface area (TPSA) is 34.9 Å². The molecule has 0 aliphatic carbocycles.